The molecule has 0 amide bonds. The third-order valence-corrected chi connectivity index (χ3v) is 1.35. The summed E-state index contributed by atoms with van der Waals surface area (Å²) in [6.45, 7) is 2.04. The lowest BCUT2D eigenvalue weighted by Crippen LogP contribution is -1.86. The molecule has 0 aromatic carbocycles. The maximum Gasteiger partial charge on any atom is 0.0358 e. The van der Waals surface area contributed by atoms with Gasteiger partial charge in [-0.05, 0) is 18.6 Å². The van der Waals surface area contributed by atoms with Gasteiger partial charge in [-0.2, -0.15) is 0 Å². The minimum Gasteiger partial charge on any atom is -0.296 e. The summed E-state index contributed by atoms with van der Waals surface area (Å²) in [6.07, 6.45) is 5.40. The first kappa shape index (κ1) is 6.93. The number of nitrogens with zero attached hydrogens (tertiary/aromatic N) is 2. The van der Waals surface area contributed by atoms with E-state index in [1.165, 1.54) is 5.56 Å². The van der Waals surface area contributed by atoms with Gasteiger partial charge in [0.1, 0.15) is 0 Å². The minimum absolute atomic E-state index is 1.09. The molecule has 10 heavy (non-hydrogen) atoms. The van der Waals surface area contributed by atoms with Crippen molar-refractivity contribution in [2.24, 2.45) is 4.99 Å². The van der Waals surface area contributed by atoms with E-state index in [1.54, 1.807) is 13.2 Å². The van der Waals surface area contributed by atoms with Crippen molar-refractivity contribution in [1.29, 1.82) is 0 Å². The van der Waals surface area contributed by atoms with Crippen LogP contribution in [-0.4, -0.2) is 18.2 Å². The van der Waals surface area contributed by atoms with Crippen molar-refractivity contribution in [2.45, 2.75) is 6.92 Å². The van der Waals surface area contributed by atoms with Crippen molar-refractivity contribution in [3.05, 3.63) is 29.6 Å². The Bertz CT molecular complexity index is 241. The first-order valence-electron chi connectivity index (χ1n) is 3.17. The molecule has 1 aromatic rings. The van der Waals surface area contributed by atoms with Gasteiger partial charge >= 0.3 is 0 Å². The highest BCUT2D eigenvalue weighted by Gasteiger charge is 1.90. The predicted octanol–water partition coefficient (Wildman–Crippen LogP) is 1.44. The molecule has 52 valence electrons. The van der Waals surface area contributed by atoms with Gasteiger partial charge in [0.25, 0.3) is 0 Å². The molecule has 0 radical (unpaired) electrons. The molecule has 0 saturated carbocycles. The van der Waals surface area contributed by atoms with Gasteiger partial charge in [-0.15, -0.1) is 0 Å². The zero-order valence-corrected chi connectivity index (χ0v) is 6.20. The van der Waals surface area contributed by atoms with Crippen LogP contribution in [0.4, 0.5) is 0 Å². The fraction of sp³-hybridized carbons (Fsp3) is 0.250. The molecule has 0 aliphatic rings. The van der Waals surface area contributed by atoms with Crippen LogP contribution < -0.4 is 0 Å². The molecule has 0 bridgehead atoms. The monoisotopic (exact) mass is 134 g/mol. The van der Waals surface area contributed by atoms with E-state index < -0.39 is 0 Å². The van der Waals surface area contributed by atoms with Crippen LogP contribution in [0.1, 0.15) is 11.1 Å². The molecule has 0 aliphatic carbocycles. The van der Waals surface area contributed by atoms with E-state index in [0.29, 0.717) is 0 Å². The Morgan fingerprint density at radius 1 is 1.60 bits per heavy atom. The Labute approximate surface area is 60.6 Å². The Balaban J connectivity index is 3.03. The molecule has 1 rings (SSSR count). The zero-order chi connectivity index (χ0) is 7.40. The van der Waals surface area contributed by atoms with Crippen molar-refractivity contribution in [3.63, 3.8) is 0 Å². The topological polar surface area (TPSA) is 25.2 Å². The van der Waals surface area contributed by atoms with Gasteiger partial charge in [-0.3, -0.25) is 9.98 Å². The van der Waals surface area contributed by atoms with Crippen molar-refractivity contribution < 1.29 is 0 Å². The van der Waals surface area contributed by atoms with E-state index in [1.807, 2.05) is 25.4 Å². The second-order valence-corrected chi connectivity index (χ2v) is 2.12. The van der Waals surface area contributed by atoms with E-state index in [0.717, 1.165) is 5.56 Å². The van der Waals surface area contributed by atoms with E-state index in [9.17, 15) is 0 Å². The average molecular weight is 134 g/mol. The number of hydrogen-bond acceptors (Lipinski definition) is 2. The summed E-state index contributed by atoms with van der Waals surface area (Å²) in [7, 11) is 1.76. The third-order valence-electron chi connectivity index (χ3n) is 1.35. The number of aryl methyl sites for hydroxylation is 1. The largest absolute Gasteiger partial charge is 0.296 e. The lowest BCUT2D eigenvalue weighted by molar-refractivity contribution is 1.27. The van der Waals surface area contributed by atoms with Crippen molar-refractivity contribution >= 4 is 6.21 Å². The molecule has 0 spiro atoms. The maximum absolute atomic E-state index is 3.97. The smallest absolute Gasteiger partial charge is 0.0358 e. The molecule has 1 heterocycles. The zero-order valence-electron chi connectivity index (χ0n) is 6.20. The maximum atomic E-state index is 3.97. The Kier molecular flexibility index (Phi) is 2.15. The number of rotatable bonds is 1. The summed E-state index contributed by atoms with van der Waals surface area (Å²) in [6, 6.07) is 1.97. The van der Waals surface area contributed by atoms with E-state index in [2.05, 4.69) is 9.98 Å². The first-order valence-corrected chi connectivity index (χ1v) is 3.17. The summed E-state index contributed by atoms with van der Waals surface area (Å²) in [5.41, 5.74) is 2.30. The van der Waals surface area contributed by atoms with E-state index >= 15 is 0 Å². The molecule has 1 aromatic heterocycles. The number of pyridine rings is 1. The lowest BCUT2D eigenvalue weighted by Gasteiger charge is -1.94. The van der Waals surface area contributed by atoms with Gasteiger partial charge in [-0.25, -0.2) is 0 Å². The summed E-state index contributed by atoms with van der Waals surface area (Å²) >= 11 is 0. The summed E-state index contributed by atoms with van der Waals surface area (Å²) < 4.78 is 0. The molecular formula is C8H10N2. The Hall–Kier alpha value is -1.18. The molecule has 2 nitrogen and oxygen atoms in total. The molecule has 0 N–H and O–H groups in total. The van der Waals surface area contributed by atoms with Crippen LogP contribution in [0.2, 0.25) is 0 Å². The van der Waals surface area contributed by atoms with Gasteiger partial charge in [0.15, 0.2) is 0 Å². The third kappa shape index (κ3) is 1.41. The molecule has 0 fully saturated rings. The second-order valence-electron chi connectivity index (χ2n) is 2.12. The molecule has 0 atom stereocenters. The Morgan fingerprint density at radius 3 is 3.00 bits per heavy atom. The predicted molar refractivity (Wildman–Crippen MR) is 42.5 cm³/mol. The fourth-order valence-electron chi connectivity index (χ4n) is 0.750. The van der Waals surface area contributed by atoms with Gasteiger partial charge in [0, 0.05) is 31.2 Å². The van der Waals surface area contributed by atoms with Crippen molar-refractivity contribution in [3.8, 4) is 0 Å². The van der Waals surface area contributed by atoms with Crippen molar-refractivity contribution in [1.82, 2.24) is 4.98 Å². The molecule has 0 unspecified atom stereocenters. The highest BCUT2D eigenvalue weighted by Crippen LogP contribution is 2.00. The highest BCUT2D eigenvalue weighted by molar-refractivity contribution is 5.80. The van der Waals surface area contributed by atoms with Crippen LogP contribution in [0.5, 0.6) is 0 Å². The molecule has 0 aliphatic heterocycles. The molecular weight excluding hydrogens is 124 g/mol. The SMILES string of the molecule is CN=Cc1cnccc1C. The Morgan fingerprint density at radius 2 is 2.40 bits per heavy atom. The van der Waals surface area contributed by atoms with Crippen LogP contribution in [0.25, 0.3) is 0 Å². The number of hydrogen-bond donors (Lipinski definition) is 0. The quantitative estimate of drug-likeness (QED) is 0.533. The standard InChI is InChI=1S/C8H10N2/c1-7-3-4-10-6-8(7)5-9-2/h3-6H,1-2H3. The summed E-state index contributed by atoms with van der Waals surface area (Å²) in [5.74, 6) is 0. The second kappa shape index (κ2) is 3.11. The van der Waals surface area contributed by atoms with Gasteiger partial charge in [-0.1, -0.05) is 0 Å². The number of aliphatic imine (C=N–C) groups is 1. The normalized spacial score (nSPS) is 10.6. The summed E-state index contributed by atoms with van der Waals surface area (Å²) in [5, 5.41) is 0. The minimum atomic E-state index is 1.09. The van der Waals surface area contributed by atoms with Crippen LogP contribution in [0, 0.1) is 6.92 Å². The molecule has 2 heteroatoms. The van der Waals surface area contributed by atoms with Crippen LogP contribution >= 0.6 is 0 Å². The van der Waals surface area contributed by atoms with E-state index in [4.69, 9.17) is 0 Å². The van der Waals surface area contributed by atoms with Crippen molar-refractivity contribution in [2.75, 3.05) is 7.05 Å². The average Bonchev–Trinajstić information content (AvgIpc) is 1.94. The first-order chi connectivity index (χ1) is 4.84. The summed E-state index contributed by atoms with van der Waals surface area (Å²) in [4.78, 5) is 7.87. The highest BCUT2D eigenvalue weighted by atomic mass is 14.7. The molecule has 0 saturated heterocycles. The number of aromatic nitrogens is 1. The van der Waals surface area contributed by atoms with E-state index in [-0.39, 0.29) is 0 Å². The van der Waals surface area contributed by atoms with Crippen LogP contribution in [-0.2, 0) is 0 Å². The van der Waals surface area contributed by atoms with Gasteiger partial charge in [0.05, 0.1) is 0 Å². The lowest BCUT2D eigenvalue weighted by atomic mass is 10.2. The van der Waals surface area contributed by atoms with Gasteiger partial charge in [0.2, 0.25) is 0 Å². The van der Waals surface area contributed by atoms with Crippen LogP contribution in [0.3, 0.4) is 0 Å². The fourth-order valence-corrected chi connectivity index (χ4v) is 0.750. The van der Waals surface area contributed by atoms with Crippen LogP contribution in [0.15, 0.2) is 23.5 Å². The van der Waals surface area contributed by atoms with Gasteiger partial charge < -0.3 is 0 Å².